The fourth-order valence-corrected chi connectivity index (χ4v) is 2.20. The van der Waals surface area contributed by atoms with Crippen LogP contribution in [0.1, 0.15) is 31.7 Å². The molecule has 0 aliphatic heterocycles. The lowest BCUT2D eigenvalue weighted by Gasteiger charge is -2.00. The van der Waals surface area contributed by atoms with Gasteiger partial charge < -0.3 is 0 Å². The van der Waals surface area contributed by atoms with Crippen LogP contribution in [0.2, 0.25) is 0 Å². The molecule has 0 N–H and O–H groups in total. The third-order valence-corrected chi connectivity index (χ3v) is 2.96. The maximum atomic E-state index is 4.33. The van der Waals surface area contributed by atoms with Gasteiger partial charge in [-0.25, -0.2) is 0 Å². The van der Waals surface area contributed by atoms with Crippen molar-refractivity contribution in [2.24, 2.45) is 0 Å². The molecule has 0 atom stereocenters. The molecule has 2 rings (SSSR count). The number of hydrogen-bond donors (Lipinski definition) is 0. The first-order valence-electron chi connectivity index (χ1n) is 5.12. The van der Waals surface area contributed by atoms with Crippen LogP contribution in [0.15, 0.2) is 18.2 Å². The minimum absolute atomic E-state index is 1.05. The highest BCUT2D eigenvalue weighted by atomic mass is 32.1. The Hall–Kier alpha value is -0.960. The number of aryl methyl sites for hydroxylation is 1. The maximum Gasteiger partial charge on any atom is 0.107 e. The number of nitrogens with zero attached hydrogens (tertiary/aromatic N) is 2. The predicted octanol–water partition coefficient (Wildman–Crippen LogP) is 3.42. The molecule has 0 aliphatic rings. The molecule has 0 unspecified atom stereocenters. The first-order valence-corrected chi connectivity index (χ1v) is 5.85. The molecule has 0 bridgehead atoms. The second kappa shape index (κ2) is 4.51. The molecule has 1 heterocycles. The van der Waals surface area contributed by atoms with Crippen molar-refractivity contribution in [2.45, 2.75) is 32.6 Å². The Morgan fingerprint density at radius 3 is 3.00 bits per heavy atom. The van der Waals surface area contributed by atoms with E-state index in [0.717, 1.165) is 17.5 Å². The molecule has 3 heteroatoms. The number of hydrogen-bond acceptors (Lipinski definition) is 3. The van der Waals surface area contributed by atoms with E-state index in [-0.39, 0.29) is 0 Å². The summed E-state index contributed by atoms with van der Waals surface area (Å²) in [4.78, 5) is 0. The van der Waals surface area contributed by atoms with Gasteiger partial charge in [-0.15, -0.1) is 0 Å². The monoisotopic (exact) mass is 206 g/mol. The molecule has 0 saturated carbocycles. The van der Waals surface area contributed by atoms with Crippen LogP contribution < -0.4 is 0 Å². The largest absolute Gasteiger partial charge is 0.173 e. The van der Waals surface area contributed by atoms with E-state index in [2.05, 4.69) is 27.8 Å². The summed E-state index contributed by atoms with van der Waals surface area (Å²) in [5.74, 6) is 0. The van der Waals surface area contributed by atoms with Crippen LogP contribution in [-0.2, 0) is 6.42 Å². The van der Waals surface area contributed by atoms with Crippen molar-refractivity contribution in [2.75, 3.05) is 0 Å². The SMILES string of the molecule is CCCCCc1cccc2nsnc12. The fraction of sp³-hybridized carbons (Fsp3) is 0.455. The van der Waals surface area contributed by atoms with Crippen LogP contribution in [0.25, 0.3) is 11.0 Å². The van der Waals surface area contributed by atoms with Crippen LogP contribution in [0.5, 0.6) is 0 Å². The van der Waals surface area contributed by atoms with Crippen molar-refractivity contribution in [1.82, 2.24) is 8.75 Å². The Bertz CT molecular complexity index is 408. The third-order valence-electron chi connectivity index (χ3n) is 2.42. The van der Waals surface area contributed by atoms with E-state index in [0.29, 0.717) is 0 Å². The highest BCUT2D eigenvalue weighted by molar-refractivity contribution is 7.00. The Balaban J connectivity index is 2.19. The normalized spacial score (nSPS) is 10.9. The van der Waals surface area contributed by atoms with Crippen molar-refractivity contribution >= 4 is 22.8 Å². The Morgan fingerprint density at radius 1 is 1.21 bits per heavy atom. The molecule has 0 fully saturated rings. The van der Waals surface area contributed by atoms with E-state index in [1.54, 1.807) is 0 Å². The molecule has 0 radical (unpaired) electrons. The summed E-state index contributed by atoms with van der Waals surface area (Å²) >= 11 is 1.31. The van der Waals surface area contributed by atoms with Gasteiger partial charge in [-0.1, -0.05) is 31.9 Å². The molecular weight excluding hydrogens is 192 g/mol. The topological polar surface area (TPSA) is 25.8 Å². The van der Waals surface area contributed by atoms with Gasteiger partial charge in [0.2, 0.25) is 0 Å². The Kier molecular flexibility index (Phi) is 3.09. The van der Waals surface area contributed by atoms with E-state index in [1.165, 1.54) is 36.6 Å². The molecule has 2 nitrogen and oxygen atoms in total. The van der Waals surface area contributed by atoms with Crippen LogP contribution in [0.4, 0.5) is 0 Å². The van der Waals surface area contributed by atoms with Crippen molar-refractivity contribution < 1.29 is 0 Å². The zero-order valence-corrected chi connectivity index (χ0v) is 9.18. The molecule has 0 saturated heterocycles. The molecule has 1 aromatic carbocycles. The minimum atomic E-state index is 1.05. The highest BCUT2D eigenvalue weighted by Gasteiger charge is 2.03. The molecule has 0 spiro atoms. The zero-order valence-electron chi connectivity index (χ0n) is 8.36. The Labute approximate surface area is 88.3 Å². The summed E-state index contributed by atoms with van der Waals surface area (Å²) in [6, 6.07) is 6.27. The number of aromatic nitrogens is 2. The standard InChI is InChI=1S/C11H14N2S/c1-2-3-4-6-9-7-5-8-10-11(9)13-14-12-10/h5,7-8H,2-4,6H2,1H3. The van der Waals surface area contributed by atoms with Crippen molar-refractivity contribution in [3.8, 4) is 0 Å². The summed E-state index contributed by atoms with van der Waals surface area (Å²) in [6.07, 6.45) is 4.96. The van der Waals surface area contributed by atoms with E-state index >= 15 is 0 Å². The van der Waals surface area contributed by atoms with Gasteiger partial charge in [-0.2, -0.15) is 8.75 Å². The van der Waals surface area contributed by atoms with Gasteiger partial charge in [-0.05, 0) is 24.5 Å². The van der Waals surface area contributed by atoms with Gasteiger partial charge in [0, 0.05) is 0 Å². The zero-order chi connectivity index (χ0) is 9.80. The van der Waals surface area contributed by atoms with Gasteiger partial charge in [0.15, 0.2) is 0 Å². The molecule has 0 aliphatic carbocycles. The van der Waals surface area contributed by atoms with Gasteiger partial charge >= 0.3 is 0 Å². The summed E-state index contributed by atoms with van der Waals surface area (Å²) in [6.45, 7) is 2.23. The molecular formula is C11H14N2S. The lowest BCUT2D eigenvalue weighted by molar-refractivity contribution is 0.719. The third kappa shape index (κ3) is 1.93. The summed E-state index contributed by atoms with van der Waals surface area (Å²) in [7, 11) is 0. The summed E-state index contributed by atoms with van der Waals surface area (Å²) < 4.78 is 8.57. The maximum absolute atomic E-state index is 4.33. The van der Waals surface area contributed by atoms with Crippen LogP contribution in [0, 0.1) is 0 Å². The second-order valence-corrected chi connectivity index (χ2v) is 4.03. The van der Waals surface area contributed by atoms with Crippen molar-refractivity contribution in [3.05, 3.63) is 23.8 Å². The van der Waals surface area contributed by atoms with Crippen LogP contribution in [0.3, 0.4) is 0 Å². The predicted molar refractivity (Wildman–Crippen MR) is 60.6 cm³/mol. The quantitative estimate of drug-likeness (QED) is 0.716. The van der Waals surface area contributed by atoms with Gasteiger partial charge in [-0.3, -0.25) is 0 Å². The van der Waals surface area contributed by atoms with E-state index in [9.17, 15) is 0 Å². The lowest BCUT2D eigenvalue weighted by atomic mass is 10.1. The first kappa shape index (κ1) is 9.59. The molecule has 74 valence electrons. The number of fused-ring (bicyclic) bond motifs is 1. The van der Waals surface area contributed by atoms with E-state index in [1.807, 2.05) is 6.07 Å². The van der Waals surface area contributed by atoms with Gasteiger partial charge in [0.25, 0.3) is 0 Å². The highest BCUT2D eigenvalue weighted by Crippen LogP contribution is 2.18. The first-order chi connectivity index (χ1) is 6.92. The number of benzene rings is 1. The molecule has 1 aromatic heterocycles. The molecule has 2 aromatic rings. The van der Waals surface area contributed by atoms with E-state index < -0.39 is 0 Å². The molecule has 14 heavy (non-hydrogen) atoms. The average Bonchev–Trinajstić information content (AvgIpc) is 2.67. The minimum Gasteiger partial charge on any atom is -0.173 e. The van der Waals surface area contributed by atoms with Crippen molar-refractivity contribution in [3.63, 3.8) is 0 Å². The lowest BCUT2D eigenvalue weighted by Crippen LogP contribution is -1.87. The smallest absolute Gasteiger partial charge is 0.107 e. The van der Waals surface area contributed by atoms with Crippen LogP contribution in [-0.4, -0.2) is 8.75 Å². The van der Waals surface area contributed by atoms with Crippen molar-refractivity contribution in [1.29, 1.82) is 0 Å². The average molecular weight is 206 g/mol. The Morgan fingerprint density at radius 2 is 2.14 bits per heavy atom. The van der Waals surface area contributed by atoms with Crippen LogP contribution >= 0.6 is 11.7 Å². The number of rotatable bonds is 4. The van der Waals surface area contributed by atoms with Gasteiger partial charge in [0.1, 0.15) is 11.0 Å². The summed E-state index contributed by atoms with van der Waals surface area (Å²) in [5, 5.41) is 0. The molecule has 0 amide bonds. The fourth-order valence-electron chi connectivity index (χ4n) is 1.63. The van der Waals surface area contributed by atoms with Gasteiger partial charge in [0.05, 0.1) is 11.7 Å². The number of unbranched alkanes of at least 4 members (excludes halogenated alkanes) is 2. The van der Waals surface area contributed by atoms with E-state index in [4.69, 9.17) is 0 Å². The summed E-state index contributed by atoms with van der Waals surface area (Å²) in [5.41, 5.74) is 3.50. The second-order valence-electron chi connectivity index (χ2n) is 3.51.